The van der Waals surface area contributed by atoms with E-state index in [1.807, 2.05) is 0 Å². The molecular formula is C9H9BrN4O2. The van der Waals surface area contributed by atoms with Crippen molar-refractivity contribution in [3.63, 3.8) is 0 Å². The Hall–Kier alpha value is -1.68. The van der Waals surface area contributed by atoms with Crippen LogP contribution in [0.4, 0.5) is 0 Å². The van der Waals surface area contributed by atoms with Gasteiger partial charge < -0.3 is 5.32 Å². The Balaban J connectivity index is 2.84. The summed E-state index contributed by atoms with van der Waals surface area (Å²) in [6.07, 6.45) is 1.30. The largest absolute Gasteiger partial charge is 0.341 e. The summed E-state index contributed by atoms with van der Waals surface area (Å²) in [5, 5.41) is 10.6. The summed E-state index contributed by atoms with van der Waals surface area (Å²) >= 11 is 3.09. The maximum absolute atomic E-state index is 11.6. The molecule has 0 aliphatic carbocycles. The van der Waals surface area contributed by atoms with Gasteiger partial charge in [0, 0.05) is 0 Å². The van der Waals surface area contributed by atoms with Crippen molar-refractivity contribution >= 4 is 21.8 Å². The highest BCUT2D eigenvalue weighted by Gasteiger charge is 2.08. The van der Waals surface area contributed by atoms with E-state index in [1.165, 1.54) is 10.9 Å². The van der Waals surface area contributed by atoms with Gasteiger partial charge in [-0.25, -0.2) is 4.98 Å². The van der Waals surface area contributed by atoms with Gasteiger partial charge in [0.25, 0.3) is 5.56 Å². The van der Waals surface area contributed by atoms with Crippen LogP contribution in [0.3, 0.4) is 0 Å². The van der Waals surface area contributed by atoms with Gasteiger partial charge in [0.2, 0.25) is 5.91 Å². The van der Waals surface area contributed by atoms with Gasteiger partial charge >= 0.3 is 0 Å². The highest BCUT2D eigenvalue weighted by Crippen LogP contribution is 2.05. The Labute approximate surface area is 100 Å². The predicted octanol–water partition coefficient (Wildman–Crippen LogP) is -0.0460. The maximum atomic E-state index is 11.6. The second-order valence-electron chi connectivity index (χ2n) is 3.01. The van der Waals surface area contributed by atoms with Crippen LogP contribution in [-0.4, -0.2) is 22.0 Å². The Morgan fingerprint density at radius 3 is 3.06 bits per heavy atom. The summed E-state index contributed by atoms with van der Waals surface area (Å²) < 4.78 is 1.51. The van der Waals surface area contributed by atoms with E-state index in [0.717, 1.165) is 0 Å². The zero-order chi connectivity index (χ0) is 12.1. The third kappa shape index (κ3) is 2.90. The summed E-state index contributed by atoms with van der Waals surface area (Å²) in [5.41, 5.74) is 0.248. The zero-order valence-corrected chi connectivity index (χ0v) is 10.1. The minimum absolute atomic E-state index is 0.0754. The van der Waals surface area contributed by atoms with Crippen molar-refractivity contribution in [2.75, 3.05) is 6.54 Å². The molecular weight excluding hydrogens is 276 g/mol. The Morgan fingerprint density at radius 2 is 2.44 bits per heavy atom. The molecule has 1 amide bonds. The number of carbonyl (C=O) groups is 1. The van der Waals surface area contributed by atoms with Gasteiger partial charge in [-0.05, 0) is 22.9 Å². The molecule has 0 spiro atoms. The van der Waals surface area contributed by atoms with Crippen LogP contribution in [0.5, 0.6) is 0 Å². The molecule has 0 aliphatic heterocycles. The molecule has 0 aromatic carbocycles. The first-order valence-electron chi connectivity index (χ1n) is 4.41. The fourth-order valence-electron chi connectivity index (χ4n) is 1.01. The molecule has 0 unspecified atom stereocenters. The second kappa shape index (κ2) is 5.42. The van der Waals surface area contributed by atoms with E-state index < -0.39 is 5.91 Å². The highest BCUT2D eigenvalue weighted by atomic mass is 79.9. The summed E-state index contributed by atoms with van der Waals surface area (Å²) in [5.74, 6) is -0.402. The molecule has 1 N–H and O–H groups in total. The van der Waals surface area contributed by atoms with Crippen molar-refractivity contribution < 1.29 is 4.79 Å². The van der Waals surface area contributed by atoms with Crippen LogP contribution in [0.15, 0.2) is 15.6 Å². The number of aryl methyl sites for hydroxylation is 1. The van der Waals surface area contributed by atoms with Crippen LogP contribution in [0.1, 0.15) is 5.69 Å². The Bertz CT molecular complexity index is 503. The maximum Gasteiger partial charge on any atom is 0.268 e. The van der Waals surface area contributed by atoms with Gasteiger partial charge in [-0.15, -0.1) is 0 Å². The SMILES string of the molecule is Cc1ncn(CC(=O)NCC#N)c(=O)c1Br. The lowest BCUT2D eigenvalue weighted by molar-refractivity contribution is -0.121. The van der Waals surface area contributed by atoms with E-state index in [2.05, 4.69) is 26.2 Å². The van der Waals surface area contributed by atoms with Crippen LogP contribution in [0.25, 0.3) is 0 Å². The molecule has 84 valence electrons. The summed E-state index contributed by atoms with van der Waals surface area (Å²) in [7, 11) is 0. The molecule has 0 saturated carbocycles. The van der Waals surface area contributed by atoms with Crippen molar-refractivity contribution in [2.24, 2.45) is 0 Å². The van der Waals surface area contributed by atoms with E-state index in [0.29, 0.717) is 10.2 Å². The van der Waals surface area contributed by atoms with Crippen LogP contribution in [0, 0.1) is 18.3 Å². The summed E-state index contributed by atoms with van der Waals surface area (Å²) in [4.78, 5) is 26.8. The second-order valence-corrected chi connectivity index (χ2v) is 3.80. The number of nitrogens with zero attached hydrogens (tertiary/aromatic N) is 3. The molecule has 6 nitrogen and oxygen atoms in total. The number of nitriles is 1. The van der Waals surface area contributed by atoms with E-state index in [1.54, 1.807) is 13.0 Å². The van der Waals surface area contributed by atoms with Crippen LogP contribution in [-0.2, 0) is 11.3 Å². The summed E-state index contributed by atoms with van der Waals surface area (Å²) in [6, 6.07) is 1.78. The molecule has 1 rings (SSSR count). The lowest BCUT2D eigenvalue weighted by atomic mass is 10.4. The average Bonchev–Trinajstić information content (AvgIpc) is 2.27. The van der Waals surface area contributed by atoms with E-state index >= 15 is 0 Å². The number of amides is 1. The minimum Gasteiger partial charge on any atom is -0.341 e. The van der Waals surface area contributed by atoms with Crippen molar-refractivity contribution in [3.8, 4) is 6.07 Å². The first-order chi connectivity index (χ1) is 7.56. The molecule has 0 fully saturated rings. The lowest BCUT2D eigenvalue weighted by Gasteiger charge is -2.05. The third-order valence-corrected chi connectivity index (χ3v) is 2.75. The van der Waals surface area contributed by atoms with Gasteiger partial charge in [0.15, 0.2) is 0 Å². The van der Waals surface area contributed by atoms with E-state index in [9.17, 15) is 9.59 Å². The number of aromatic nitrogens is 2. The van der Waals surface area contributed by atoms with Gasteiger partial charge in [-0.3, -0.25) is 14.2 Å². The number of hydrogen-bond acceptors (Lipinski definition) is 4. The number of carbonyl (C=O) groups excluding carboxylic acids is 1. The van der Waals surface area contributed by atoms with Crippen LogP contribution >= 0.6 is 15.9 Å². The molecule has 0 aliphatic rings. The van der Waals surface area contributed by atoms with E-state index in [4.69, 9.17) is 5.26 Å². The van der Waals surface area contributed by atoms with Gasteiger partial charge in [0.1, 0.15) is 17.6 Å². The van der Waals surface area contributed by atoms with Crippen molar-refractivity contribution in [3.05, 3.63) is 26.8 Å². The monoisotopic (exact) mass is 284 g/mol. The molecule has 0 bridgehead atoms. The Morgan fingerprint density at radius 1 is 1.75 bits per heavy atom. The first-order valence-corrected chi connectivity index (χ1v) is 5.20. The van der Waals surface area contributed by atoms with Crippen molar-refractivity contribution in [2.45, 2.75) is 13.5 Å². The molecule has 0 saturated heterocycles. The normalized spacial score (nSPS) is 9.56. The molecule has 1 heterocycles. The van der Waals surface area contributed by atoms with Crippen LogP contribution < -0.4 is 10.9 Å². The standard InChI is InChI=1S/C9H9BrN4O2/c1-6-8(10)9(16)14(5-13-6)4-7(15)12-3-2-11/h5H,3-4H2,1H3,(H,12,15). The topological polar surface area (TPSA) is 87.8 Å². The van der Waals surface area contributed by atoms with Gasteiger partial charge in [0.05, 0.1) is 18.1 Å². The van der Waals surface area contributed by atoms with Gasteiger partial charge in [-0.1, -0.05) is 0 Å². The highest BCUT2D eigenvalue weighted by molar-refractivity contribution is 9.10. The number of halogens is 1. The summed E-state index contributed by atoms with van der Waals surface area (Å²) in [6.45, 7) is 1.46. The average molecular weight is 285 g/mol. The zero-order valence-electron chi connectivity index (χ0n) is 8.53. The quantitative estimate of drug-likeness (QED) is 0.789. The molecule has 0 radical (unpaired) electrons. The molecule has 7 heteroatoms. The fourth-order valence-corrected chi connectivity index (χ4v) is 1.34. The molecule has 1 aromatic rings. The minimum atomic E-state index is -0.402. The molecule has 0 atom stereocenters. The fraction of sp³-hybridized carbons (Fsp3) is 0.333. The lowest BCUT2D eigenvalue weighted by Crippen LogP contribution is -2.33. The Kier molecular flexibility index (Phi) is 4.19. The number of rotatable bonds is 3. The van der Waals surface area contributed by atoms with Gasteiger partial charge in [-0.2, -0.15) is 5.26 Å². The first kappa shape index (κ1) is 12.4. The van der Waals surface area contributed by atoms with Crippen molar-refractivity contribution in [1.82, 2.24) is 14.9 Å². The predicted molar refractivity (Wildman–Crippen MR) is 59.6 cm³/mol. The molecule has 1 aromatic heterocycles. The van der Waals surface area contributed by atoms with Crippen molar-refractivity contribution in [1.29, 1.82) is 5.26 Å². The molecule has 16 heavy (non-hydrogen) atoms. The number of nitrogens with one attached hydrogen (secondary N) is 1. The smallest absolute Gasteiger partial charge is 0.268 e. The third-order valence-electron chi connectivity index (χ3n) is 1.84. The van der Waals surface area contributed by atoms with E-state index in [-0.39, 0.29) is 18.6 Å². The van der Waals surface area contributed by atoms with Crippen LogP contribution in [0.2, 0.25) is 0 Å². The number of hydrogen-bond donors (Lipinski definition) is 1.